The lowest BCUT2D eigenvalue weighted by Gasteiger charge is -2.37. The third-order valence-corrected chi connectivity index (χ3v) is 5.61. The lowest BCUT2D eigenvalue weighted by atomic mass is 9.95. The van der Waals surface area contributed by atoms with Gasteiger partial charge < -0.3 is 9.80 Å². The molecule has 2 saturated heterocycles. The number of halogens is 2. The highest BCUT2D eigenvalue weighted by molar-refractivity contribution is 5.89. The van der Waals surface area contributed by atoms with Crippen molar-refractivity contribution in [3.05, 3.63) is 30.1 Å². The van der Waals surface area contributed by atoms with Crippen LogP contribution < -0.4 is 4.90 Å². The number of benzene rings is 1. The third kappa shape index (κ3) is 3.87. The summed E-state index contributed by atoms with van der Waals surface area (Å²) in [6.07, 6.45) is 1.95. The number of nitrogens with zero attached hydrogens (tertiary/aromatic N) is 4. The largest absolute Gasteiger partial charge is 0.356 e. The minimum atomic E-state index is -2.68. The van der Waals surface area contributed by atoms with E-state index >= 15 is 0 Å². The van der Waals surface area contributed by atoms with Gasteiger partial charge in [0.05, 0.1) is 5.52 Å². The monoisotopic (exact) mass is 374 g/mol. The molecule has 0 radical (unpaired) electrons. The molecule has 3 heterocycles. The second-order valence-corrected chi connectivity index (χ2v) is 7.45. The Hall–Kier alpha value is -2.31. The molecule has 2 aliphatic heterocycles. The molecule has 2 fully saturated rings. The molecule has 1 aromatic carbocycles. The summed E-state index contributed by atoms with van der Waals surface area (Å²) in [6, 6.07) is 7.32. The van der Waals surface area contributed by atoms with Gasteiger partial charge >= 0.3 is 0 Å². The number of piperidine rings is 2. The molecule has 2 aliphatic rings. The van der Waals surface area contributed by atoms with E-state index in [2.05, 4.69) is 14.9 Å². The Kier molecular flexibility index (Phi) is 5.18. The Morgan fingerprint density at radius 3 is 2.59 bits per heavy atom. The predicted octanol–water partition coefficient (Wildman–Crippen LogP) is 3.80. The van der Waals surface area contributed by atoms with Gasteiger partial charge in [-0.3, -0.25) is 4.79 Å². The normalized spacial score (nSPS) is 19.3. The van der Waals surface area contributed by atoms with Gasteiger partial charge in [0.2, 0.25) is 5.91 Å². The van der Waals surface area contributed by atoms with Crippen LogP contribution in [0.25, 0.3) is 10.9 Å². The molecule has 0 spiro atoms. The molecule has 27 heavy (non-hydrogen) atoms. The van der Waals surface area contributed by atoms with E-state index in [1.54, 1.807) is 12.1 Å². The third-order valence-electron chi connectivity index (χ3n) is 5.61. The zero-order chi connectivity index (χ0) is 18.8. The molecule has 0 N–H and O–H groups in total. The van der Waals surface area contributed by atoms with Crippen LogP contribution in [0.5, 0.6) is 0 Å². The molecule has 0 aliphatic carbocycles. The Balaban J connectivity index is 1.48. The summed E-state index contributed by atoms with van der Waals surface area (Å²) < 4.78 is 26.4. The average Bonchev–Trinajstić information content (AvgIpc) is 2.69. The van der Waals surface area contributed by atoms with E-state index in [0.717, 1.165) is 57.2 Å². The first-order valence-corrected chi connectivity index (χ1v) is 9.69. The predicted molar refractivity (Wildman–Crippen MR) is 99.9 cm³/mol. The smallest absolute Gasteiger partial charge is 0.297 e. The molecule has 2 aromatic rings. The first kappa shape index (κ1) is 18.1. The molecule has 144 valence electrons. The van der Waals surface area contributed by atoms with Crippen molar-refractivity contribution in [1.29, 1.82) is 0 Å². The van der Waals surface area contributed by atoms with Crippen LogP contribution in [0.15, 0.2) is 24.3 Å². The minimum Gasteiger partial charge on any atom is -0.356 e. The Morgan fingerprint density at radius 1 is 1.07 bits per heavy atom. The first-order valence-electron chi connectivity index (χ1n) is 9.69. The number of rotatable bonds is 4. The number of hydrogen-bond acceptors (Lipinski definition) is 4. The number of hydrogen-bond donors (Lipinski definition) is 0. The maximum absolute atomic E-state index is 13.2. The van der Waals surface area contributed by atoms with Crippen LogP contribution in [0.1, 0.15) is 44.4 Å². The van der Waals surface area contributed by atoms with Crippen molar-refractivity contribution in [3.63, 3.8) is 0 Å². The lowest BCUT2D eigenvalue weighted by Crippen LogP contribution is -2.43. The van der Waals surface area contributed by atoms with Crippen LogP contribution in [-0.2, 0) is 4.79 Å². The highest BCUT2D eigenvalue weighted by Gasteiger charge is 2.27. The van der Waals surface area contributed by atoms with E-state index in [0.29, 0.717) is 23.7 Å². The second kappa shape index (κ2) is 7.74. The van der Waals surface area contributed by atoms with E-state index in [1.165, 1.54) is 0 Å². The maximum Gasteiger partial charge on any atom is 0.297 e. The fourth-order valence-corrected chi connectivity index (χ4v) is 4.11. The summed E-state index contributed by atoms with van der Waals surface area (Å²) in [5.41, 5.74) is 0.554. The second-order valence-electron chi connectivity index (χ2n) is 7.45. The summed E-state index contributed by atoms with van der Waals surface area (Å²) in [4.78, 5) is 24.3. The quantitative estimate of drug-likeness (QED) is 0.817. The number of para-hydroxylation sites is 1. The summed E-state index contributed by atoms with van der Waals surface area (Å²) >= 11 is 0. The van der Waals surface area contributed by atoms with Crippen LogP contribution in [0.3, 0.4) is 0 Å². The first-order chi connectivity index (χ1) is 13.1. The number of alkyl halides is 2. The van der Waals surface area contributed by atoms with E-state index in [1.807, 2.05) is 17.0 Å². The Morgan fingerprint density at radius 2 is 1.85 bits per heavy atom. The molecule has 0 bridgehead atoms. The molecule has 7 heteroatoms. The summed E-state index contributed by atoms with van der Waals surface area (Å²) in [5.74, 6) is 0.922. The van der Waals surface area contributed by atoms with Gasteiger partial charge in [0, 0.05) is 38.0 Å². The van der Waals surface area contributed by atoms with Crippen LogP contribution >= 0.6 is 0 Å². The molecular weight excluding hydrogens is 350 g/mol. The number of aromatic nitrogens is 2. The molecule has 0 saturated carbocycles. The number of likely N-dealkylation sites (tertiary alicyclic amines) is 1. The molecule has 0 atom stereocenters. The number of amides is 1. The van der Waals surface area contributed by atoms with Crippen molar-refractivity contribution in [2.24, 2.45) is 5.92 Å². The fourth-order valence-electron chi connectivity index (χ4n) is 4.11. The average molecular weight is 374 g/mol. The van der Waals surface area contributed by atoms with Crippen LogP contribution in [0.4, 0.5) is 14.6 Å². The molecule has 1 aromatic heterocycles. The van der Waals surface area contributed by atoms with Gasteiger partial charge in [-0.15, -0.1) is 0 Å². The molecule has 4 rings (SSSR count). The van der Waals surface area contributed by atoms with E-state index in [4.69, 9.17) is 0 Å². The van der Waals surface area contributed by atoms with Crippen molar-refractivity contribution in [1.82, 2.24) is 14.9 Å². The van der Waals surface area contributed by atoms with Gasteiger partial charge in [-0.25, -0.2) is 18.7 Å². The Labute approximate surface area is 157 Å². The van der Waals surface area contributed by atoms with Crippen molar-refractivity contribution in [2.45, 2.75) is 38.5 Å². The summed E-state index contributed by atoms with van der Waals surface area (Å²) in [6.45, 7) is 3.21. The van der Waals surface area contributed by atoms with Gasteiger partial charge in [-0.2, -0.15) is 0 Å². The summed E-state index contributed by atoms with van der Waals surface area (Å²) in [7, 11) is 0. The highest BCUT2D eigenvalue weighted by atomic mass is 19.3. The van der Waals surface area contributed by atoms with Gasteiger partial charge in [0.15, 0.2) is 5.82 Å². The van der Waals surface area contributed by atoms with Crippen molar-refractivity contribution in [2.75, 3.05) is 31.1 Å². The fraction of sp³-hybridized carbons (Fsp3) is 0.550. The molecular formula is C20H24F2N4O. The van der Waals surface area contributed by atoms with E-state index in [9.17, 15) is 13.6 Å². The molecule has 5 nitrogen and oxygen atoms in total. The number of carbonyl (C=O) groups is 1. The molecule has 1 amide bonds. The maximum atomic E-state index is 13.2. The number of fused-ring (bicyclic) bond motifs is 1. The van der Waals surface area contributed by atoms with E-state index < -0.39 is 12.2 Å². The van der Waals surface area contributed by atoms with E-state index in [-0.39, 0.29) is 5.91 Å². The Bertz CT molecular complexity index is 821. The summed E-state index contributed by atoms with van der Waals surface area (Å²) in [5, 5.41) is 0.812. The van der Waals surface area contributed by atoms with Gasteiger partial charge in [0.25, 0.3) is 6.43 Å². The van der Waals surface area contributed by atoms with Gasteiger partial charge in [-0.1, -0.05) is 12.1 Å². The van der Waals surface area contributed by atoms with Crippen LogP contribution in [0.2, 0.25) is 0 Å². The van der Waals surface area contributed by atoms with Crippen molar-refractivity contribution < 1.29 is 13.6 Å². The van der Waals surface area contributed by atoms with Gasteiger partial charge in [0.1, 0.15) is 5.82 Å². The van der Waals surface area contributed by atoms with Crippen molar-refractivity contribution >= 4 is 22.6 Å². The number of anilines is 1. The highest BCUT2D eigenvalue weighted by Crippen LogP contribution is 2.30. The minimum absolute atomic E-state index is 0.270. The zero-order valence-corrected chi connectivity index (χ0v) is 15.3. The van der Waals surface area contributed by atoms with Crippen molar-refractivity contribution in [3.8, 4) is 0 Å². The van der Waals surface area contributed by atoms with Crippen LogP contribution in [-0.4, -0.2) is 47.0 Å². The number of carbonyl (C=O) groups excluding carboxylic acids is 1. The standard InChI is InChI=1S/C20H24F2N4O/c21-18(22)19-23-16-6-2-1-5-15(16)20(24-19)25-11-8-14(9-12-25)13-26-10-4-3-7-17(26)27/h1-2,5-6,14,18H,3-4,7-13H2. The SMILES string of the molecule is O=C1CCCCN1CC1CCN(c2nc(C(F)F)nc3ccccc23)CC1. The van der Waals surface area contributed by atoms with Gasteiger partial charge in [-0.05, 0) is 43.7 Å². The topological polar surface area (TPSA) is 49.3 Å². The van der Waals surface area contributed by atoms with Crippen LogP contribution in [0, 0.1) is 5.92 Å². The molecule has 0 unspecified atom stereocenters. The lowest BCUT2D eigenvalue weighted by molar-refractivity contribution is -0.134. The zero-order valence-electron chi connectivity index (χ0n) is 15.3.